The van der Waals surface area contributed by atoms with Gasteiger partial charge in [0.25, 0.3) is 5.91 Å². The number of hydrogen-bond donors (Lipinski definition) is 1. The zero-order valence-electron chi connectivity index (χ0n) is 15.1. The van der Waals surface area contributed by atoms with Crippen molar-refractivity contribution in [1.29, 1.82) is 0 Å². The molecule has 0 atom stereocenters. The van der Waals surface area contributed by atoms with E-state index >= 15 is 0 Å². The van der Waals surface area contributed by atoms with E-state index in [9.17, 15) is 13.2 Å². The SMILES string of the molecule is C=C(C(N)=O)S(=O)(=O)OCCCCCCCCCCCC.[H-].[Na+]. The van der Waals surface area contributed by atoms with Gasteiger partial charge in [0.15, 0.2) is 4.91 Å². The first kappa shape index (κ1) is 24.4. The maximum absolute atomic E-state index is 11.4. The average Bonchev–Trinajstić information content (AvgIpc) is 2.43. The van der Waals surface area contributed by atoms with Gasteiger partial charge in [-0.3, -0.25) is 8.98 Å². The molecule has 0 saturated carbocycles. The summed E-state index contributed by atoms with van der Waals surface area (Å²) in [7, 11) is -4.04. The fourth-order valence-corrected chi connectivity index (χ4v) is 2.68. The normalized spacial score (nSPS) is 11.0. The fourth-order valence-electron chi connectivity index (χ4n) is 1.95. The minimum atomic E-state index is -4.04. The smallest absolute Gasteiger partial charge is 1.00 e. The van der Waals surface area contributed by atoms with Crippen LogP contribution in [0.25, 0.3) is 0 Å². The molecular formula is C15H30NNaO4S. The van der Waals surface area contributed by atoms with Gasteiger partial charge in [-0.2, -0.15) is 8.42 Å². The number of unbranched alkanes of at least 4 members (excludes halogenated alkanes) is 9. The number of nitrogens with two attached hydrogens (primary N) is 1. The van der Waals surface area contributed by atoms with E-state index in [-0.39, 0.29) is 37.6 Å². The van der Waals surface area contributed by atoms with Crippen molar-refractivity contribution < 1.29 is 48.4 Å². The van der Waals surface area contributed by atoms with Crippen LogP contribution in [0, 0.1) is 0 Å². The van der Waals surface area contributed by atoms with Gasteiger partial charge in [-0.25, -0.2) is 0 Å². The second-order valence-electron chi connectivity index (χ2n) is 5.25. The largest absolute Gasteiger partial charge is 1.00 e. The Labute approximate surface area is 159 Å². The zero-order valence-corrected chi connectivity index (χ0v) is 16.9. The number of primary amides is 1. The van der Waals surface area contributed by atoms with Gasteiger partial charge >= 0.3 is 39.7 Å². The van der Waals surface area contributed by atoms with Crippen LogP contribution in [-0.2, 0) is 19.1 Å². The number of hydrogen-bond acceptors (Lipinski definition) is 4. The molecule has 0 saturated heterocycles. The van der Waals surface area contributed by atoms with Crippen molar-refractivity contribution in [1.82, 2.24) is 0 Å². The Bertz CT molecular complexity index is 416. The first-order valence-corrected chi connectivity index (χ1v) is 9.20. The second-order valence-corrected chi connectivity index (χ2v) is 6.88. The summed E-state index contributed by atoms with van der Waals surface area (Å²) in [5.74, 6) is -1.07. The summed E-state index contributed by atoms with van der Waals surface area (Å²) in [6.07, 6.45) is 11.6. The van der Waals surface area contributed by atoms with Crippen molar-refractivity contribution in [3.8, 4) is 0 Å². The Morgan fingerprint density at radius 3 is 1.82 bits per heavy atom. The molecule has 0 rings (SSSR count). The maximum Gasteiger partial charge on any atom is 1.00 e. The van der Waals surface area contributed by atoms with Gasteiger partial charge in [-0.15, -0.1) is 0 Å². The molecule has 5 nitrogen and oxygen atoms in total. The van der Waals surface area contributed by atoms with Gasteiger partial charge in [-0.05, 0) is 6.42 Å². The van der Waals surface area contributed by atoms with Crippen LogP contribution in [0.1, 0.15) is 72.6 Å². The third-order valence-electron chi connectivity index (χ3n) is 3.31. The number of amides is 1. The molecule has 0 spiro atoms. The summed E-state index contributed by atoms with van der Waals surface area (Å²) in [6.45, 7) is 5.39. The van der Waals surface area contributed by atoms with E-state index in [0.717, 1.165) is 12.8 Å². The van der Waals surface area contributed by atoms with Gasteiger partial charge in [-0.1, -0.05) is 71.3 Å². The van der Waals surface area contributed by atoms with E-state index in [1.807, 2.05) is 0 Å². The standard InChI is InChI=1S/C15H29NO4S.Na.H/c1-3-4-5-6-7-8-9-10-11-12-13-20-21(18,19)14(2)15(16)17;;/h2-13H2,1H3,(H2,16,17);;/q;+1;-1. The van der Waals surface area contributed by atoms with E-state index < -0.39 is 20.9 Å². The molecule has 0 aromatic rings. The molecule has 0 fully saturated rings. The summed E-state index contributed by atoms with van der Waals surface area (Å²) in [5.41, 5.74) is 4.85. The van der Waals surface area contributed by atoms with Gasteiger partial charge in [0.05, 0.1) is 6.61 Å². The fraction of sp³-hybridized carbons (Fsp3) is 0.800. The van der Waals surface area contributed by atoms with E-state index in [1.54, 1.807) is 0 Å². The molecule has 2 N–H and O–H groups in total. The molecule has 7 heteroatoms. The van der Waals surface area contributed by atoms with Crippen LogP contribution in [-0.4, -0.2) is 20.9 Å². The summed E-state index contributed by atoms with van der Waals surface area (Å²) >= 11 is 0. The molecule has 0 aromatic heterocycles. The Morgan fingerprint density at radius 2 is 1.41 bits per heavy atom. The van der Waals surface area contributed by atoms with E-state index in [2.05, 4.69) is 13.5 Å². The first-order chi connectivity index (χ1) is 9.91. The van der Waals surface area contributed by atoms with Crippen LogP contribution in [0.15, 0.2) is 11.5 Å². The van der Waals surface area contributed by atoms with Crippen molar-refractivity contribution in [2.24, 2.45) is 5.73 Å². The molecule has 0 aromatic carbocycles. The Hall–Kier alpha value is 0.120. The van der Waals surface area contributed by atoms with Crippen molar-refractivity contribution >= 4 is 16.0 Å². The minimum absolute atomic E-state index is 0. The number of carbonyl (C=O) groups excluding carboxylic acids is 1. The van der Waals surface area contributed by atoms with Crippen LogP contribution in [0.2, 0.25) is 0 Å². The van der Waals surface area contributed by atoms with E-state index in [0.29, 0.717) is 6.42 Å². The molecule has 0 heterocycles. The summed E-state index contributed by atoms with van der Waals surface area (Å²) in [6, 6.07) is 0. The van der Waals surface area contributed by atoms with Crippen LogP contribution < -0.4 is 35.3 Å². The molecule has 0 radical (unpaired) electrons. The second kappa shape index (κ2) is 14.7. The third-order valence-corrected chi connectivity index (χ3v) is 4.59. The summed E-state index contributed by atoms with van der Waals surface area (Å²) in [4.78, 5) is 10.0. The average molecular weight is 343 g/mol. The van der Waals surface area contributed by atoms with Crippen molar-refractivity contribution in [3.05, 3.63) is 11.5 Å². The predicted octanol–water partition coefficient (Wildman–Crippen LogP) is 0.369. The monoisotopic (exact) mass is 343 g/mol. The Morgan fingerprint density at radius 1 is 1.00 bits per heavy atom. The van der Waals surface area contributed by atoms with Crippen LogP contribution in [0.4, 0.5) is 0 Å². The van der Waals surface area contributed by atoms with Gasteiger partial charge in [0.2, 0.25) is 0 Å². The quantitative estimate of drug-likeness (QED) is 0.214. The summed E-state index contributed by atoms with van der Waals surface area (Å²) < 4.78 is 27.5. The zero-order chi connectivity index (χ0) is 16.1. The van der Waals surface area contributed by atoms with Crippen molar-refractivity contribution in [2.75, 3.05) is 6.61 Å². The van der Waals surface area contributed by atoms with E-state index in [1.165, 1.54) is 44.9 Å². The molecule has 22 heavy (non-hydrogen) atoms. The molecule has 0 bridgehead atoms. The van der Waals surface area contributed by atoms with Crippen LogP contribution in [0.3, 0.4) is 0 Å². The predicted molar refractivity (Wildman–Crippen MR) is 86.2 cm³/mol. The molecule has 1 amide bonds. The molecule has 126 valence electrons. The Kier molecular flexibility index (Phi) is 16.3. The maximum atomic E-state index is 11.4. The summed E-state index contributed by atoms with van der Waals surface area (Å²) in [5, 5.41) is 0. The number of carbonyl (C=O) groups is 1. The molecule has 0 aliphatic rings. The van der Waals surface area contributed by atoms with Gasteiger partial charge < -0.3 is 7.16 Å². The first-order valence-electron chi connectivity index (χ1n) is 7.80. The van der Waals surface area contributed by atoms with Crippen molar-refractivity contribution in [3.63, 3.8) is 0 Å². The minimum Gasteiger partial charge on any atom is -1.00 e. The Balaban J connectivity index is -0.00000200. The third kappa shape index (κ3) is 12.6. The molecule has 0 aliphatic heterocycles. The van der Waals surface area contributed by atoms with Crippen LogP contribution in [0.5, 0.6) is 0 Å². The van der Waals surface area contributed by atoms with E-state index in [4.69, 9.17) is 9.92 Å². The van der Waals surface area contributed by atoms with Gasteiger partial charge in [0.1, 0.15) is 0 Å². The molecule has 0 unspecified atom stereocenters. The molecule has 0 aliphatic carbocycles. The molecular weight excluding hydrogens is 313 g/mol. The topological polar surface area (TPSA) is 86.5 Å². The van der Waals surface area contributed by atoms with Crippen LogP contribution >= 0.6 is 0 Å². The number of rotatable bonds is 14. The van der Waals surface area contributed by atoms with Crippen molar-refractivity contribution in [2.45, 2.75) is 71.1 Å². The van der Waals surface area contributed by atoms with Gasteiger partial charge in [0, 0.05) is 0 Å².